The lowest BCUT2D eigenvalue weighted by Crippen LogP contribution is -2.59. The molecule has 0 aliphatic carbocycles. The maximum atomic E-state index is 14.1. The lowest BCUT2D eigenvalue weighted by Gasteiger charge is -2.26. The lowest BCUT2D eigenvalue weighted by molar-refractivity contribution is -0.137. The van der Waals surface area contributed by atoms with Gasteiger partial charge in [-0.25, -0.2) is 0 Å². The molecule has 0 saturated heterocycles. The minimum Gasteiger partial charge on any atom is -0.370 e. The third-order valence-electron chi connectivity index (χ3n) is 15.7. The molecule has 6 amide bonds. The van der Waals surface area contributed by atoms with Gasteiger partial charge in [0, 0.05) is 92.0 Å². The number of aryl methyl sites for hydroxylation is 3. The van der Waals surface area contributed by atoms with E-state index in [9.17, 15) is 43.2 Å². The van der Waals surface area contributed by atoms with E-state index in [0.29, 0.717) is 50.5 Å². The van der Waals surface area contributed by atoms with Crippen LogP contribution in [0.3, 0.4) is 0 Å². The van der Waals surface area contributed by atoms with Gasteiger partial charge in [-0.2, -0.15) is 0 Å². The quantitative estimate of drug-likeness (QED) is 0.0274. The summed E-state index contributed by atoms with van der Waals surface area (Å²) in [6.07, 6.45) is -3.14. The number of amides is 6. The molecule has 434 valence electrons. The number of H-pyrrole nitrogens is 3. The van der Waals surface area contributed by atoms with Crippen LogP contribution in [0.4, 0.5) is 17.1 Å². The van der Waals surface area contributed by atoms with Gasteiger partial charge in [0.25, 0.3) is 17.7 Å². The number of nitrogens with two attached hydrogens (primary N) is 6. The highest BCUT2D eigenvalue weighted by atomic mass is 16.2. The summed E-state index contributed by atoms with van der Waals surface area (Å²) in [6.45, 7) is 5.37. The molecule has 6 aromatic carbocycles. The third kappa shape index (κ3) is 12.3. The van der Waals surface area contributed by atoms with Crippen LogP contribution in [0.5, 0.6) is 0 Å². The van der Waals surface area contributed by atoms with E-state index >= 15 is 0 Å². The molecule has 0 unspecified atom stereocenters. The van der Waals surface area contributed by atoms with Gasteiger partial charge in [-0.05, 0) is 109 Å². The van der Waals surface area contributed by atoms with Gasteiger partial charge in [0.1, 0.15) is 0 Å². The minimum absolute atomic E-state index is 0.213. The number of para-hydroxylation sites is 3. The first-order valence-electron chi connectivity index (χ1n) is 27.1. The molecule has 21 heteroatoms. The Hall–Kier alpha value is -10.4. The summed E-state index contributed by atoms with van der Waals surface area (Å²) in [5, 5.41) is 10.4. The second-order valence-corrected chi connectivity index (χ2v) is 21.6. The number of ketones is 3. The van der Waals surface area contributed by atoms with Crippen LogP contribution in [-0.2, 0) is 62.4 Å². The normalized spacial score (nSPS) is 13.6. The number of aromatic nitrogens is 3. The zero-order valence-electron chi connectivity index (χ0n) is 46.8. The van der Waals surface area contributed by atoms with Crippen LogP contribution < -0.4 is 50.4 Å². The average molecular weight is 1150 g/mol. The second-order valence-electron chi connectivity index (χ2n) is 21.6. The van der Waals surface area contributed by atoms with Crippen molar-refractivity contribution in [3.05, 3.63) is 196 Å². The van der Waals surface area contributed by atoms with Gasteiger partial charge in [0.05, 0.1) is 19.3 Å². The molecule has 18 N–H and O–H groups in total. The molecule has 0 saturated carbocycles. The van der Waals surface area contributed by atoms with Gasteiger partial charge >= 0.3 is 0 Å². The number of benzene rings is 6. The fourth-order valence-corrected chi connectivity index (χ4v) is 11.0. The van der Waals surface area contributed by atoms with E-state index in [1.165, 1.54) is 0 Å². The summed E-state index contributed by atoms with van der Waals surface area (Å²) >= 11 is 0. The highest BCUT2D eigenvalue weighted by Gasteiger charge is 2.46. The predicted octanol–water partition coefficient (Wildman–Crippen LogP) is 5.21. The van der Waals surface area contributed by atoms with Crippen LogP contribution in [0.25, 0.3) is 32.7 Å². The maximum absolute atomic E-state index is 14.1. The van der Waals surface area contributed by atoms with Gasteiger partial charge in [-0.1, -0.05) is 91.0 Å². The van der Waals surface area contributed by atoms with Crippen molar-refractivity contribution in [2.75, 3.05) is 16.0 Å². The Kier molecular flexibility index (Phi) is 16.6. The van der Waals surface area contributed by atoms with Crippen LogP contribution in [0.2, 0.25) is 0 Å². The summed E-state index contributed by atoms with van der Waals surface area (Å²) in [6, 6.07) is 41.7. The monoisotopic (exact) mass is 1140 g/mol. The molecule has 3 atom stereocenters. The van der Waals surface area contributed by atoms with E-state index in [1.807, 2.05) is 72.8 Å². The molecule has 0 fully saturated rings. The molecular weight excluding hydrogens is 1080 g/mol. The topological polar surface area (TPSA) is 393 Å². The molecule has 9 aromatic rings. The Bertz CT molecular complexity index is 3720. The van der Waals surface area contributed by atoms with Gasteiger partial charge in [-0.15, -0.1) is 0 Å². The average Bonchev–Trinajstić information content (AvgIpc) is 3.53. The molecule has 21 nitrogen and oxygen atoms in total. The van der Waals surface area contributed by atoms with Crippen molar-refractivity contribution in [3.63, 3.8) is 0 Å². The predicted molar refractivity (Wildman–Crippen MR) is 324 cm³/mol. The fourth-order valence-electron chi connectivity index (χ4n) is 11.0. The molecule has 0 spiro atoms. The SMILES string of the molecule is Cc1[nH]c2ccccc2c1CC(=O)[C@](N)(CC(N)=O)C(=O)Nc1ccc(C(c2ccc(NC(=O)[C@@](N)(CC(N)=O)C(=O)Cc3c(C)[nH]c4ccccc34)cc2)c2ccc(NC(=O)[C@@](N)(CC(N)=O)C(=O)Cc3c(C)[nH]c4ccccc34)cc2)cc1. The van der Waals surface area contributed by atoms with Crippen molar-refractivity contribution in [3.8, 4) is 0 Å². The van der Waals surface area contributed by atoms with E-state index in [2.05, 4.69) is 30.9 Å². The fraction of sp³-hybridized carbons (Fsp3) is 0.203. The Labute approximate surface area is 487 Å². The van der Waals surface area contributed by atoms with E-state index in [-0.39, 0.29) is 36.3 Å². The van der Waals surface area contributed by atoms with Crippen molar-refractivity contribution in [2.45, 2.75) is 81.8 Å². The largest absolute Gasteiger partial charge is 0.370 e. The van der Waals surface area contributed by atoms with E-state index in [1.54, 1.807) is 93.6 Å². The molecule has 9 rings (SSSR count). The van der Waals surface area contributed by atoms with Crippen molar-refractivity contribution >= 4 is 103 Å². The first-order valence-corrected chi connectivity index (χ1v) is 27.1. The first kappa shape index (κ1) is 59.3. The van der Waals surface area contributed by atoms with Crippen LogP contribution in [-0.4, -0.2) is 84.4 Å². The minimum atomic E-state index is -2.36. The second kappa shape index (κ2) is 23.9. The zero-order valence-corrected chi connectivity index (χ0v) is 46.8. The third-order valence-corrected chi connectivity index (χ3v) is 15.7. The number of Topliss-reactive ketones (excluding diaryl/α,β-unsaturated/α-hetero) is 3. The molecule has 85 heavy (non-hydrogen) atoms. The number of carbonyl (C=O) groups excluding carboxylic acids is 9. The number of fused-ring (bicyclic) bond motifs is 3. The lowest BCUT2D eigenvalue weighted by atomic mass is 9.84. The van der Waals surface area contributed by atoms with E-state index < -0.39 is 94.6 Å². The van der Waals surface area contributed by atoms with Gasteiger partial charge in [0.15, 0.2) is 34.0 Å². The number of hydrogen-bond acceptors (Lipinski definition) is 12. The Morgan fingerprint density at radius 1 is 0.376 bits per heavy atom. The summed E-state index contributed by atoms with van der Waals surface area (Å²) < 4.78 is 0. The highest BCUT2D eigenvalue weighted by Crippen LogP contribution is 2.36. The summed E-state index contributed by atoms with van der Waals surface area (Å²) in [7, 11) is 0. The number of primary amides is 3. The number of carbonyl (C=O) groups is 9. The smallest absolute Gasteiger partial charge is 0.252 e. The maximum Gasteiger partial charge on any atom is 0.252 e. The zero-order chi connectivity index (χ0) is 61.1. The summed E-state index contributed by atoms with van der Waals surface area (Å²) in [5.41, 5.74) is 38.2. The Morgan fingerprint density at radius 2 is 0.612 bits per heavy atom. The molecule has 0 aliphatic rings. The van der Waals surface area contributed by atoms with E-state index in [0.717, 1.165) is 32.7 Å². The van der Waals surface area contributed by atoms with Gasteiger partial charge < -0.3 is 65.3 Å². The molecule has 0 bridgehead atoms. The van der Waals surface area contributed by atoms with Crippen molar-refractivity contribution in [2.24, 2.45) is 34.4 Å². The summed E-state index contributed by atoms with van der Waals surface area (Å²) in [4.78, 5) is 131. The Morgan fingerprint density at radius 3 is 0.847 bits per heavy atom. The number of anilines is 3. The number of nitrogens with one attached hydrogen (secondary N) is 6. The highest BCUT2D eigenvalue weighted by molar-refractivity contribution is 6.20. The molecule has 3 aromatic heterocycles. The standard InChI is InChI=1S/C64H64N12O9/c1-34-46(43-10-4-7-13-49(43)71-34)28-52(77)62(68,31-55(65)80)59(83)74-40-22-16-37(17-23-40)58(38-18-24-41(25-19-38)75-60(84)63(69,32-56(66)81)53(78)29-47-35(2)72-50-14-8-5-11-44(47)50)39-20-26-42(27-21-39)76-61(85)64(70,33-57(67)82)54(79)30-48-36(3)73-51-15-9-6-12-45(48)51/h4-27,58,71-73H,28-33,68-70H2,1-3H3,(H2,65,80)(H2,66,81)(H2,67,82)(H,74,83)(H,75,84)(H,76,85)/t62-,63-,64-/m1/s1. The van der Waals surface area contributed by atoms with Crippen LogP contribution in [0, 0.1) is 20.8 Å². The van der Waals surface area contributed by atoms with Gasteiger partial charge in [0.2, 0.25) is 17.7 Å². The van der Waals surface area contributed by atoms with Crippen LogP contribution in [0.15, 0.2) is 146 Å². The van der Waals surface area contributed by atoms with Crippen molar-refractivity contribution in [1.82, 2.24) is 15.0 Å². The number of rotatable bonds is 24. The summed E-state index contributed by atoms with van der Waals surface area (Å²) in [5.74, 6) is -8.64. The van der Waals surface area contributed by atoms with Crippen molar-refractivity contribution < 1.29 is 43.2 Å². The Balaban J connectivity index is 0.996. The molecule has 3 heterocycles. The van der Waals surface area contributed by atoms with Gasteiger partial charge in [-0.3, -0.25) is 43.2 Å². The van der Waals surface area contributed by atoms with Crippen LogP contribution >= 0.6 is 0 Å². The van der Waals surface area contributed by atoms with Crippen molar-refractivity contribution in [1.29, 1.82) is 0 Å². The van der Waals surface area contributed by atoms with E-state index in [4.69, 9.17) is 34.4 Å². The number of aromatic amines is 3. The molecular formula is C64H64N12O9. The molecule has 0 aliphatic heterocycles. The van der Waals surface area contributed by atoms with Crippen LogP contribution in [0.1, 0.15) is 75.6 Å². The number of hydrogen-bond donors (Lipinski definition) is 12. The molecule has 0 radical (unpaired) electrons. The first-order chi connectivity index (χ1) is 40.4.